The monoisotopic (exact) mass is 404 g/mol. The molecule has 2 aromatic heterocycles. The summed E-state index contributed by atoms with van der Waals surface area (Å²) in [6, 6.07) is 6.65. The zero-order chi connectivity index (χ0) is 20.9. The Morgan fingerprint density at radius 1 is 1.10 bits per heavy atom. The van der Waals surface area contributed by atoms with E-state index in [0.29, 0.717) is 17.1 Å². The third-order valence-electron chi connectivity index (χ3n) is 5.51. The third-order valence-corrected chi connectivity index (χ3v) is 5.51. The van der Waals surface area contributed by atoms with Crippen LogP contribution in [-0.2, 0) is 12.7 Å². The Bertz CT molecular complexity index is 1050. The van der Waals surface area contributed by atoms with Crippen LogP contribution in [0.25, 0.3) is 5.65 Å². The fourth-order valence-electron chi connectivity index (χ4n) is 4.13. The van der Waals surface area contributed by atoms with Crippen LogP contribution in [0, 0.1) is 20.8 Å². The topological polar surface area (TPSA) is 53.7 Å². The van der Waals surface area contributed by atoms with Gasteiger partial charge in [0.1, 0.15) is 11.4 Å². The van der Waals surface area contributed by atoms with Crippen molar-refractivity contribution in [1.29, 1.82) is 0 Å². The van der Waals surface area contributed by atoms with Gasteiger partial charge in [-0.15, -0.1) is 0 Å². The van der Waals surface area contributed by atoms with E-state index in [1.54, 1.807) is 13.0 Å². The van der Waals surface area contributed by atoms with Crippen molar-refractivity contribution >= 4 is 5.65 Å². The Morgan fingerprint density at radius 3 is 2.45 bits per heavy atom. The first-order chi connectivity index (χ1) is 13.6. The molecule has 1 fully saturated rings. The number of benzene rings is 1. The summed E-state index contributed by atoms with van der Waals surface area (Å²) in [5.41, 5.74) is 3.21. The van der Waals surface area contributed by atoms with Crippen molar-refractivity contribution in [3.63, 3.8) is 0 Å². The molecule has 1 saturated heterocycles. The number of aromatic nitrogens is 3. The first-order valence-corrected chi connectivity index (χ1v) is 9.58. The van der Waals surface area contributed by atoms with E-state index in [-0.39, 0.29) is 11.6 Å². The van der Waals surface area contributed by atoms with Crippen molar-refractivity contribution in [2.24, 2.45) is 0 Å². The summed E-state index contributed by atoms with van der Waals surface area (Å²) in [6.45, 7) is 7.61. The Kier molecular flexibility index (Phi) is 4.77. The Hall–Kier alpha value is -2.61. The summed E-state index contributed by atoms with van der Waals surface area (Å²) in [7, 11) is 0. The minimum atomic E-state index is -4.48. The van der Waals surface area contributed by atoms with Crippen molar-refractivity contribution in [3.05, 3.63) is 58.0 Å². The van der Waals surface area contributed by atoms with Gasteiger partial charge in [-0.25, -0.2) is 9.50 Å². The Morgan fingerprint density at radius 2 is 1.79 bits per heavy atom. The number of aromatic hydroxyl groups is 1. The lowest BCUT2D eigenvalue weighted by Crippen LogP contribution is -2.20. The molecule has 1 aliphatic heterocycles. The van der Waals surface area contributed by atoms with Gasteiger partial charge in [0, 0.05) is 30.8 Å². The van der Waals surface area contributed by atoms with E-state index in [1.807, 2.05) is 26.0 Å². The summed E-state index contributed by atoms with van der Waals surface area (Å²) in [4.78, 5) is 6.49. The highest BCUT2D eigenvalue weighted by Crippen LogP contribution is 2.33. The molecule has 0 spiro atoms. The molecule has 29 heavy (non-hydrogen) atoms. The number of nitrogens with zero attached hydrogens (tertiary/aromatic N) is 4. The molecule has 0 bridgehead atoms. The van der Waals surface area contributed by atoms with Crippen LogP contribution in [0.2, 0.25) is 0 Å². The molecule has 1 aromatic carbocycles. The number of alkyl halides is 3. The van der Waals surface area contributed by atoms with Crippen LogP contribution in [0.4, 0.5) is 13.2 Å². The van der Waals surface area contributed by atoms with Crippen LogP contribution in [0.15, 0.2) is 24.3 Å². The van der Waals surface area contributed by atoms with E-state index in [2.05, 4.69) is 15.0 Å². The van der Waals surface area contributed by atoms with E-state index >= 15 is 0 Å². The molecule has 1 aliphatic rings. The number of rotatable bonds is 3. The molecular formula is C21H23F3N4O. The number of phenols is 1. The van der Waals surface area contributed by atoms with Crippen LogP contribution in [0.5, 0.6) is 5.75 Å². The van der Waals surface area contributed by atoms with Gasteiger partial charge in [0.25, 0.3) is 0 Å². The minimum absolute atomic E-state index is 0.0670. The molecule has 4 rings (SSSR count). The van der Waals surface area contributed by atoms with Crippen LogP contribution in [0.1, 0.15) is 46.1 Å². The Balaban J connectivity index is 1.56. The molecule has 0 radical (unpaired) electrons. The van der Waals surface area contributed by atoms with Gasteiger partial charge < -0.3 is 5.11 Å². The standard InChI is InChI=1S/C21H23F3N4O/c1-12-6-15(7-13(2)20(12)29)10-27-5-4-16(11-27)17-9-19-25-14(3)8-18(21(22,23)24)28(19)26-17/h6-9,16,29H,4-5,10-11H2,1-3H3/t16-/m0/s1. The molecule has 1 atom stereocenters. The molecule has 1 N–H and O–H groups in total. The number of hydrogen-bond donors (Lipinski definition) is 1. The number of phenolic OH excluding ortho intramolecular Hbond substituents is 1. The lowest BCUT2D eigenvalue weighted by molar-refractivity contribution is -0.142. The SMILES string of the molecule is Cc1cc(C(F)(F)F)n2nc([C@H]3CCN(Cc4cc(C)c(O)c(C)c4)C3)cc2n1. The predicted octanol–water partition coefficient (Wildman–Crippen LogP) is 4.37. The Labute approximate surface area is 166 Å². The zero-order valence-electron chi connectivity index (χ0n) is 16.6. The fourth-order valence-corrected chi connectivity index (χ4v) is 4.13. The highest BCUT2D eigenvalue weighted by molar-refractivity contribution is 5.44. The van der Waals surface area contributed by atoms with Gasteiger partial charge in [-0.05, 0) is 56.5 Å². The van der Waals surface area contributed by atoms with Gasteiger partial charge >= 0.3 is 6.18 Å². The lowest BCUT2D eigenvalue weighted by Gasteiger charge is -2.17. The second-order valence-corrected chi connectivity index (χ2v) is 7.92. The average molecular weight is 404 g/mol. The normalized spacial score (nSPS) is 18.1. The van der Waals surface area contributed by atoms with Crippen molar-refractivity contribution < 1.29 is 18.3 Å². The fraction of sp³-hybridized carbons (Fsp3) is 0.429. The van der Waals surface area contributed by atoms with Gasteiger partial charge in [-0.3, -0.25) is 4.90 Å². The zero-order valence-corrected chi connectivity index (χ0v) is 16.6. The molecule has 0 saturated carbocycles. The third kappa shape index (κ3) is 3.81. The van der Waals surface area contributed by atoms with Crippen LogP contribution in [0.3, 0.4) is 0 Å². The van der Waals surface area contributed by atoms with E-state index in [1.165, 1.54) is 0 Å². The molecule has 0 unspecified atom stereocenters. The van der Waals surface area contributed by atoms with E-state index < -0.39 is 11.9 Å². The number of hydrogen-bond acceptors (Lipinski definition) is 4. The summed E-state index contributed by atoms with van der Waals surface area (Å²) in [5.74, 6) is 0.387. The molecule has 3 aromatic rings. The number of halogens is 3. The lowest BCUT2D eigenvalue weighted by atomic mass is 10.0. The van der Waals surface area contributed by atoms with Crippen molar-refractivity contribution in [2.45, 2.75) is 45.8 Å². The molecule has 0 amide bonds. The number of fused-ring (bicyclic) bond motifs is 1. The summed E-state index contributed by atoms with van der Waals surface area (Å²) >= 11 is 0. The van der Waals surface area contributed by atoms with Gasteiger partial charge in [0.05, 0.1) is 5.69 Å². The minimum Gasteiger partial charge on any atom is -0.507 e. The predicted molar refractivity (Wildman–Crippen MR) is 103 cm³/mol. The highest BCUT2D eigenvalue weighted by atomic mass is 19.4. The van der Waals surface area contributed by atoms with E-state index in [4.69, 9.17) is 0 Å². The largest absolute Gasteiger partial charge is 0.507 e. The number of likely N-dealkylation sites (tertiary alicyclic amines) is 1. The van der Waals surface area contributed by atoms with Crippen molar-refractivity contribution in [2.75, 3.05) is 13.1 Å². The van der Waals surface area contributed by atoms with Crippen molar-refractivity contribution in [1.82, 2.24) is 19.5 Å². The number of aryl methyl sites for hydroxylation is 3. The molecule has 3 heterocycles. The molecule has 5 nitrogen and oxygen atoms in total. The van der Waals surface area contributed by atoms with Gasteiger partial charge in [-0.2, -0.15) is 18.3 Å². The highest BCUT2D eigenvalue weighted by Gasteiger charge is 2.35. The van der Waals surface area contributed by atoms with E-state index in [0.717, 1.165) is 53.3 Å². The van der Waals surface area contributed by atoms with Gasteiger partial charge in [0.2, 0.25) is 0 Å². The average Bonchev–Trinajstić information content (AvgIpc) is 3.24. The second-order valence-electron chi connectivity index (χ2n) is 7.92. The summed E-state index contributed by atoms with van der Waals surface area (Å²) < 4.78 is 41.0. The van der Waals surface area contributed by atoms with Gasteiger partial charge in [0.15, 0.2) is 5.65 Å². The maximum atomic E-state index is 13.4. The molecule has 154 valence electrons. The molecule has 8 heteroatoms. The second kappa shape index (κ2) is 7.02. The van der Waals surface area contributed by atoms with Crippen LogP contribution >= 0.6 is 0 Å². The van der Waals surface area contributed by atoms with Crippen LogP contribution in [-0.4, -0.2) is 37.7 Å². The molecular weight excluding hydrogens is 381 g/mol. The molecule has 0 aliphatic carbocycles. The summed E-state index contributed by atoms with van der Waals surface area (Å²) in [5, 5.41) is 14.2. The maximum absolute atomic E-state index is 13.4. The van der Waals surface area contributed by atoms with Crippen molar-refractivity contribution in [3.8, 4) is 5.75 Å². The smallest absolute Gasteiger partial charge is 0.433 e. The maximum Gasteiger partial charge on any atom is 0.433 e. The van der Waals surface area contributed by atoms with E-state index in [9.17, 15) is 18.3 Å². The first-order valence-electron chi connectivity index (χ1n) is 9.58. The quantitative estimate of drug-likeness (QED) is 0.704. The van der Waals surface area contributed by atoms with Crippen LogP contribution < -0.4 is 0 Å². The van der Waals surface area contributed by atoms with Gasteiger partial charge in [-0.1, -0.05) is 12.1 Å². The first kappa shape index (κ1) is 19.7. The summed E-state index contributed by atoms with van der Waals surface area (Å²) in [6.07, 6.45) is -3.65.